The number of nitrogens with zero attached hydrogens (tertiary/aromatic N) is 5. The molecule has 2 aliphatic carbocycles. The number of benzene rings is 4. The highest BCUT2D eigenvalue weighted by molar-refractivity contribution is 6.08. The average Bonchev–Trinajstić information content (AvgIpc) is 4.09. The highest BCUT2D eigenvalue weighted by Crippen LogP contribution is 2.38. The number of H-pyrrole nitrogens is 3. The van der Waals surface area contributed by atoms with E-state index in [0.717, 1.165) is 89.5 Å². The molecule has 0 bridgehead atoms. The highest BCUT2D eigenvalue weighted by atomic mass is 16.5. The van der Waals surface area contributed by atoms with Crippen molar-refractivity contribution in [1.29, 1.82) is 0 Å². The molecule has 11 nitrogen and oxygen atoms in total. The fourth-order valence-electron chi connectivity index (χ4n) is 8.50. The third-order valence-electron chi connectivity index (χ3n) is 11.5. The molecule has 2 aliphatic rings. The number of fused-ring (bicyclic) bond motifs is 7. The summed E-state index contributed by atoms with van der Waals surface area (Å²) in [6, 6.07) is 30.7. The van der Waals surface area contributed by atoms with Crippen LogP contribution in [0, 0.1) is 0 Å². The molecule has 0 radical (unpaired) electrons. The van der Waals surface area contributed by atoms with Crippen molar-refractivity contribution >= 4 is 72.1 Å². The molecule has 56 heavy (non-hydrogen) atoms. The van der Waals surface area contributed by atoms with E-state index in [1.54, 1.807) is 7.11 Å². The van der Waals surface area contributed by atoms with Crippen LogP contribution in [-0.2, 0) is 6.54 Å². The van der Waals surface area contributed by atoms with Gasteiger partial charge in [-0.1, -0.05) is 74.2 Å². The van der Waals surface area contributed by atoms with E-state index in [1.807, 2.05) is 42.6 Å². The molecule has 9 aromatic rings. The number of hydrogen-bond donors (Lipinski definition) is 5. The first-order valence-corrected chi connectivity index (χ1v) is 19.8. The minimum atomic E-state index is 0.528. The highest BCUT2D eigenvalue weighted by Gasteiger charge is 2.24. The maximum atomic E-state index is 5.24. The Morgan fingerprint density at radius 3 is 1.88 bits per heavy atom. The van der Waals surface area contributed by atoms with Gasteiger partial charge in [-0.3, -0.25) is 5.10 Å². The van der Waals surface area contributed by atoms with E-state index in [2.05, 4.69) is 85.4 Å². The molecule has 5 N–H and O–H groups in total. The zero-order chi connectivity index (χ0) is 37.4. The molecule has 0 spiro atoms. The molecule has 5 aromatic heterocycles. The smallest absolute Gasteiger partial charge is 0.157 e. The average molecular weight is 741 g/mol. The van der Waals surface area contributed by atoms with Crippen LogP contribution in [0.15, 0.2) is 97.2 Å². The summed E-state index contributed by atoms with van der Waals surface area (Å²) in [5, 5.41) is 17.4. The van der Waals surface area contributed by atoms with Crippen LogP contribution in [0.1, 0.15) is 80.4 Å². The summed E-state index contributed by atoms with van der Waals surface area (Å²) in [6.45, 7) is 0.697. The number of methoxy groups -OCH3 is 1. The molecule has 5 heterocycles. The Morgan fingerprint density at radius 1 is 0.661 bits per heavy atom. The summed E-state index contributed by atoms with van der Waals surface area (Å²) in [5.74, 6) is 5.81. The van der Waals surface area contributed by atoms with Crippen molar-refractivity contribution in [2.24, 2.45) is 0 Å². The van der Waals surface area contributed by atoms with Gasteiger partial charge in [-0.2, -0.15) is 5.10 Å². The molecule has 0 amide bonds. The van der Waals surface area contributed by atoms with Crippen molar-refractivity contribution in [2.45, 2.75) is 69.7 Å². The maximum absolute atomic E-state index is 5.24. The largest absolute Gasteiger partial charge is 0.497 e. The Morgan fingerprint density at radius 2 is 1.25 bits per heavy atom. The van der Waals surface area contributed by atoms with Gasteiger partial charge in [0, 0.05) is 40.2 Å². The van der Waals surface area contributed by atoms with Gasteiger partial charge in [0.05, 0.1) is 29.9 Å². The van der Waals surface area contributed by atoms with E-state index < -0.39 is 0 Å². The first-order chi connectivity index (χ1) is 27.7. The Hall–Kier alpha value is -6.49. The second kappa shape index (κ2) is 14.6. The monoisotopic (exact) mass is 740 g/mol. The summed E-state index contributed by atoms with van der Waals surface area (Å²) >= 11 is 0. The van der Waals surface area contributed by atoms with E-state index in [4.69, 9.17) is 24.7 Å². The van der Waals surface area contributed by atoms with Crippen molar-refractivity contribution in [3.05, 3.63) is 114 Å². The number of hydrogen-bond acceptors (Lipinski definition) is 8. The predicted octanol–water partition coefficient (Wildman–Crippen LogP) is 10.8. The van der Waals surface area contributed by atoms with Crippen LogP contribution in [0.2, 0.25) is 0 Å². The van der Waals surface area contributed by atoms with Gasteiger partial charge in [0.2, 0.25) is 0 Å². The number of para-hydroxylation sites is 2. The van der Waals surface area contributed by atoms with E-state index in [-0.39, 0.29) is 0 Å². The summed E-state index contributed by atoms with van der Waals surface area (Å²) in [7, 11) is 1.68. The van der Waals surface area contributed by atoms with Crippen LogP contribution in [0.4, 0.5) is 17.3 Å². The second-order valence-corrected chi connectivity index (χ2v) is 15.1. The zero-order valence-corrected chi connectivity index (χ0v) is 31.4. The molecule has 2 fully saturated rings. The molecule has 11 heteroatoms. The lowest BCUT2D eigenvalue weighted by atomic mass is 10.1. The Bertz CT molecular complexity index is 2810. The van der Waals surface area contributed by atoms with Crippen LogP contribution in [0.5, 0.6) is 5.75 Å². The Balaban J connectivity index is 0.000000137. The number of pyridine rings is 2. The fourth-order valence-corrected chi connectivity index (χ4v) is 8.50. The number of imidazole rings is 2. The molecule has 0 saturated heterocycles. The van der Waals surface area contributed by atoms with Gasteiger partial charge < -0.3 is 25.3 Å². The van der Waals surface area contributed by atoms with Gasteiger partial charge in [0.1, 0.15) is 39.5 Å². The minimum Gasteiger partial charge on any atom is -0.497 e. The van der Waals surface area contributed by atoms with Crippen LogP contribution in [0.3, 0.4) is 0 Å². The molecule has 2 saturated carbocycles. The third-order valence-corrected chi connectivity index (χ3v) is 11.5. The lowest BCUT2D eigenvalue weighted by molar-refractivity contribution is 0.414. The molecule has 0 unspecified atom stereocenters. The number of aromatic amines is 3. The zero-order valence-electron chi connectivity index (χ0n) is 31.4. The van der Waals surface area contributed by atoms with Crippen LogP contribution in [0.25, 0.3) is 54.8 Å². The van der Waals surface area contributed by atoms with Crippen LogP contribution < -0.4 is 15.4 Å². The van der Waals surface area contributed by atoms with Gasteiger partial charge in [-0.15, -0.1) is 0 Å². The SMILES string of the molecule is COc1ccc(CNc2nc3ccccc3c3nc(C4CCCC4)[nH]c23)cc1.c1ccc2c(c1)nc(Nc1ccc3cn[nH]c3c1)c1[nH]c(C3CCCC3)nc12. The summed E-state index contributed by atoms with van der Waals surface area (Å²) in [5.41, 5.74) is 9.07. The normalized spacial score (nSPS) is 14.9. The third kappa shape index (κ3) is 6.52. The summed E-state index contributed by atoms with van der Waals surface area (Å²) in [4.78, 5) is 27.0. The second-order valence-electron chi connectivity index (χ2n) is 15.1. The fraction of sp³-hybridized carbons (Fsp3) is 0.267. The van der Waals surface area contributed by atoms with Gasteiger partial charge in [0.15, 0.2) is 11.6 Å². The summed E-state index contributed by atoms with van der Waals surface area (Å²) < 4.78 is 5.24. The summed E-state index contributed by atoms with van der Waals surface area (Å²) in [6.07, 6.45) is 11.9. The van der Waals surface area contributed by atoms with E-state index in [0.29, 0.717) is 18.4 Å². The van der Waals surface area contributed by atoms with Gasteiger partial charge in [0.25, 0.3) is 0 Å². The quantitative estimate of drug-likeness (QED) is 0.103. The van der Waals surface area contributed by atoms with Crippen molar-refractivity contribution in [1.82, 2.24) is 40.1 Å². The van der Waals surface area contributed by atoms with Gasteiger partial charge >= 0.3 is 0 Å². The molecular formula is C45H44N10O. The number of ether oxygens (including phenoxy) is 1. The molecule has 0 aliphatic heterocycles. The predicted molar refractivity (Wildman–Crippen MR) is 225 cm³/mol. The number of nitrogens with one attached hydrogen (secondary N) is 5. The first-order valence-electron chi connectivity index (χ1n) is 19.8. The van der Waals surface area contributed by atoms with Crippen molar-refractivity contribution in [3.8, 4) is 5.75 Å². The molecule has 11 rings (SSSR count). The molecule has 4 aromatic carbocycles. The minimum absolute atomic E-state index is 0.528. The maximum Gasteiger partial charge on any atom is 0.157 e. The molecule has 280 valence electrons. The van der Waals surface area contributed by atoms with Crippen molar-refractivity contribution in [3.63, 3.8) is 0 Å². The van der Waals surface area contributed by atoms with Crippen LogP contribution in [-0.4, -0.2) is 47.2 Å². The van der Waals surface area contributed by atoms with E-state index in [1.165, 1.54) is 56.9 Å². The molecule has 0 atom stereocenters. The Labute approximate surface area is 323 Å². The van der Waals surface area contributed by atoms with Gasteiger partial charge in [-0.05, 0) is 73.7 Å². The first kappa shape index (κ1) is 34.0. The molecular weight excluding hydrogens is 697 g/mol. The van der Waals surface area contributed by atoms with Gasteiger partial charge in [-0.25, -0.2) is 19.9 Å². The van der Waals surface area contributed by atoms with E-state index >= 15 is 0 Å². The number of aromatic nitrogens is 8. The topological polar surface area (TPSA) is 145 Å². The Kier molecular flexibility index (Phi) is 8.89. The lowest BCUT2D eigenvalue weighted by Crippen LogP contribution is -2.02. The van der Waals surface area contributed by atoms with E-state index in [9.17, 15) is 0 Å². The standard InChI is InChI=1S/C23H24N4O.C22H20N6/c1-28-17-12-10-15(11-13-17)14-24-23-21-20(18-8-4-5-9-19(18)25-23)26-22(27-21)16-6-2-3-7-16;1-2-6-13(5-1)21-26-19-16-7-3-4-8-17(16)25-22(20(19)27-21)24-15-10-9-14-12-23-28-18(14)11-15/h4-5,8-13,16H,2-3,6-7,14H2,1H3,(H,24,25)(H,26,27);3-4,7-13H,1-2,5-6H2,(H,23,28)(H,24,25)(H,26,27). The number of anilines is 3. The lowest BCUT2D eigenvalue weighted by Gasteiger charge is -2.09. The van der Waals surface area contributed by atoms with Crippen LogP contribution >= 0.6 is 0 Å². The number of rotatable bonds is 8. The van der Waals surface area contributed by atoms with Crippen molar-refractivity contribution in [2.75, 3.05) is 17.7 Å². The van der Waals surface area contributed by atoms with Crippen molar-refractivity contribution < 1.29 is 4.74 Å².